The summed E-state index contributed by atoms with van der Waals surface area (Å²) in [5.41, 5.74) is 7.64. The monoisotopic (exact) mass is 480 g/mol. The molecule has 180 valence electrons. The van der Waals surface area contributed by atoms with Crippen LogP contribution in [0.5, 0.6) is 0 Å². The van der Waals surface area contributed by atoms with Crippen LogP contribution in [0.15, 0.2) is 72.8 Å². The van der Waals surface area contributed by atoms with Crippen LogP contribution in [0.1, 0.15) is 47.8 Å². The van der Waals surface area contributed by atoms with Crippen molar-refractivity contribution in [2.24, 2.45) is 0 Å². The molecular formula is C30H24O6. The van der Waals surface area contributed by atoms with E-state index < -0.39 is 17.9 Å². The normalized spacial score (nSPS) is 10.8. The third-order valence-electron chi connectivity index (χ3n) is 6.30. The van der Waals surface area contributed by atoms with Crippen LogP contribution in [0.3, 0.4) is 0 Å². The minimum Gasteiger partial charge on any atom is -0.478 e. The Labute approximate surface area is 208 Å². The largest absolute Gasteiger partial charge is 0.478 e. The van der Waals surface area contributed by atoms with Crippen molar-refractivity contribution < 1.29 is 29.7 Å². The Bertz CT molecular complexity index is 1350. The highest BCUT2D eigenvalue weighted by atomic mass is 16.4. The van der Waals surface area contributed by atoms with Gasteiger partial charge in [0.15, 0.2) is 0 Å². The number of hydrogen-bond acceptors (Lipinski definition) is 3. The molecule has 0 unspecified atom stereocenters. The number of aromatic carboxylic acids is 3. The molecule has 0 aromatic heterocycles. The van der Waals surface area contributed by atoms with Crippen molar-refractivity contribution in [1.82, 2.24) is 0 Å². The number of carboxylic acid groups (broad SMARTS) is 3. The lowest BCUT2D eigenvalue weighted by molar-refractivity contribution is 0.0685. The lowest BCUT2D eigenvalue weighted by Gasteiger charge is -2.14. The van der Waals surface area contributed by atoms with Gasteiger partial charge in [0.05, 0.1) is 16.7 Å². The molecular weight excluding hydrogens is 456 g/mol. The standard InChI is InChI=1S/C30H24O6/c1-16-10-19(4-7-25(16)28(31)32)22-13-23(20-5-8-26(29(33)34)17(2)11-20)15-24(14-22)21-6-9-27(30(35)36)18(3)12-21/h4-15H,1-3H3,(H,31,32)(H,33,34)(H,35,36). The molecule has 0 saturated carbocycles. The second-order valence-corrected chi connectivity index (χ2v) is 8.80. The van der Waals surface area contributed by atoms with Gasteiger partial charge in [0.2, 0.25) is 0 Å². The summed E-state index contributed by atoms with van der Waals surface area (Å²) in [6.45, 7) is 5.25. The van der Waals surface area contributed by atoms with E-state index in [1.165, 1.54) is 0 Å². The van der Waals surface area contributed by atoms with Gasteiger partial charge in [-0.2, -0.15) is 0 Å². The van der Waals surface area contributed by atoms with Crippen LogP contribution < -0.4 is 0 Å². The Morgan fingerprint density at radius 1 is 0.417 bits per heavy atom. The molecule has 36 heavy (non-hydrogen) atoms. The van der Waals surface area contributed by atoms with Gasteiger partial charge >= 0.3 is 17.9 Å². The van der Waals surface area contributed by atoms with Crippen LogP contribution in [0, 0.1) is 20.8 Å². The summed E-state index contributed by atoms with van der Waals surface area (Å²) in [6.07, 6.45) is 0. The highest BCUT2D eigenvalue weighted by Crippen LogP contribution is 2.35. The Morgan fingerprint density at radius 2 is 0.667 bits per heavy atom. The van der Waals surface area contributed by atoms with Crippen molar-refractivity contribution in [3.05, 3.63) is 106 Å². The van der Waals surface area contributed by atoms with Gasteiger partial charge in [0, 0.05) is 0 Å². The number of hydrogen-bond donors (Lipinski definition) is 3. The van der Waals surface area contributed by atoms with Crippen LogP contribution in [0.2, 0.25) is 0 Å². The molecule has 0 fully saturated rings. The Balaban J connectivity index is 1.92. The molecule has 0 radical (unpaired) electrons. The molecule has 4 aromatic rings. The molecule has 3 N–H and O–H groups in total. The summed E-state index contributed by atoms with van der Waals surface area (Å²) in [5, 5.41) is 28.2. The van der Waals surface area contributed by atoms with Crippen molar-refractivity contribution in [1.29, 1.82) is 0 Å². The highest BCUT2D eigenvalue weighted by molar-refractivity contribution is 5.93. The van der Waals surface area contributed by atoms with Crippen LogP contribution in [-0.2, 0) is 0 Å². The number of rotatable bonds is 6. The smallest absolute Gasteiger partial charge is 0.335 e. The fourth-order valence-electron chi connectivity index (χ4n) is 4.38. The second kappa shape index (κ2) is 9.50. The molecule has 0 aliphatic rings. The fourth-order valence-corrected chi connectivity index (χ4v) is 4.38. The lowest BCUT2D eigenvalue weighted by Crippen LogP contribution is -2.00. The van der Waals surface area contributed by atoms with Gasteiger partial charge in [-0.1, -0.05) is 36.4 Å². The van der Waals surface area contributed by atoms with Crippen molar-refractivity contribution in [2.45, 2.75) is 20.8 Å². The van der Waals surface area contributed by atoms with Crippen molar-refractivity contribution >= 4 is 17.9 Å². The first-order chi connectivity index (χ1) is 17.0. The number of aryl methyl sites for hydroxylation is 3. The van der Waals surface area contributed by atoms with Crippen LogP contribution in [0.25, 0.3) is 33.4 Å². The van der Waals surface area contributed by atoms with Crippen LogP contribution in [-0.4, -0.2) is 33.2 Å². The number of carboxylic acids is 3. The van der Waals surface area contributed by atoms with E-state index in [9.17, 15) is 29.7 Å². The molecule has 0 spiro atoms. The first kappa shape index (κ1) is 24.4. The molecule has 0 saturated heterocycles. The van der Waals surface area contributed by atoms with E-state index in [2.05, 4.69) is 0 Å². The van der Waals surface area contributed by atoms with E-state index in [0.29, 0.717) is 16.7 Å². The second-order valence-electron chi connectivity index (χ2n) is 8.80. The zero-order chi connectivity index (χ0) is 26.1. The van der Waals surface area contributed by atoms with Gasteiger partial charge in [-0.05, 0) is 107 Å². The molecule has 0 amide bonds. The quantitative estimate of drug-likeness (QED) is 0.283. The summed E-state index contributed by atoms with van der Waals surface area (Å²) < 4.78 is 0. The van der Waals surface area contributed by atoms with Gasteiger partial charge in [-0.15, -0.1) is 0 Å². The topological polar surface area (TPSA) is 112 Å². The first-order valence-corrected chi connectivity index (χ1v) is 11.2. The number of benzene rings is 4. The fraction of sp³-hybridized carbons (Fsp3) is 0.100. The summed E-state index contributed by atoms with van der Waals surface area (Å²) in [7, 11) is 0. The summed E-state index contributed by atoms with van der Waals surface area (Å²) in [4.78, 5) is 34.4. The van der Waals surface area contributed by atoms with E-state index in [4.69, 9.17) is 0 Å². The molecule has 0 aliphatic heterocycles. The average molecular weight is 481 g/mol. The minimum atomic E-state index is -0.989. The molecule has 0 bridgehead atoms. The molecule has 6 nitrogen and oxygen atoms in total. The first-order valence-electron chi connectivity index (χ1n) is 11.2. The Morgan fingerprint density at radius 3 is 0.861 bits per heavy atom. The summed E-state index contributed by atoms with van der Waals surface area (Å²) >= 11 is 0. The van der Waals surface area contributed by atoms with Crippen LogP contribution in [0.4, 0.5) is 0 Å². The van der Waals surface area contributed by atoms with E-state index >= 15 is 0 Å². The maximum absolute atomic E-state index is 11.5. The lowest BCUT2D eigenvalue weighted by atomic mass is 9.90. The van der Waals surface area contributed by atoms with Gasteiger partial charge in [0.1, 0.15) is 0 Å². The molecule has 0 heterocycles. The summed E-state index contributed by atoms with van der Waals surface area (Å²) in [6, 6.07) is 21.4. The summed E-state index contributed by atoms with van der Waals surface area (Å²) in [5.74, 6) is -2.97. The van der Waals surface area contributed by atoms with Crippen molar-refractivity contribution in [3.8, 4) is 33.4 Å². The highest BCUT2D eigenvalue weighted by Gasteiger charge is 2.14. The van der Waals surface area contributed by atoms with Crippen LogP contribution >= 0.6 is 0 Å². The SMILES string of the molecule is Cc1cc(-c2cc(-c3ccc(C(=O)O)c(C)c3)cc(-c3ccc(C(=O)O)c(C)c3)c2)ccc1C(=O)O. The predicted molar refractivity (Wildman–Crippen MR) is 138 cm³/mol. The van der Waals surface area contributed by atoms with Gasteiger partial charge in [0.25, 0.3) is 0 Å². The molecule has 6 heteroatoms. The molecule has 0 atom stereocenters. The van der Waals surface area contributed by atoms with E-state index in [0.717, 1.165) is 33.4 Å². The third kappa shape index (κ3) is 4.74. The van der Waals surface area contributed by atoms with E-state index in [1.54, 1.807) is 57.2 Å². The Hall–Kier alpha value is -4.71. The predicted octanol–water partition coefficient (Wildman–Crippen LogP) is 6.71. The maximum Gasteiger partial charge on any atom is 0.335 e. The zero-order valence-electron chi connectivity index (χ0n) is 20.0. The maximum atomic E-state index is 11.5. The third-order valence-corrected chi connectivity index (χ3v) is 6.30. The molecule has 0 aliphatic carbocycles. The molecule has 4 rings (SSSR count). The van der Waals surface area contributed by atoms with Gasteiger partial charge in [-0.3, -0.25) is 0 Å². The minimum absolute atomic E-state index is 0.231. The van der Waals surface area contributed by atoms with Crippen molar-refractivity contribution in [3.63, 3.8) is 0 Å². The zero-order valence-corrected chi connectivity index (χ0v) is 20.0. The van der Waals surface area contributed by atoms with E-state index in [-0.39, 0.29) is 16.7 Å². The van der Waals surface area contributed by atoms with Gasteiger partial charge < -0.3 is 15.3 Å². The Kier molecular flexibility index (Phi) is 6.45. The molecule has 4 aromatic carbocycles. The van der Waals surface area contributed by atoms with Crippen molar-refractivity contribution in [2.75, 3.05) is 0 Å². The van der Waals surface area contributed by atoms with Gasteiger partial charge in [-0.25, -0.2) is 14.4 Å². The van der Waals surface area contributed by atoms with E-state index in [1.807, 2.05) is 36.4 Å². The average Bonchev–Trinajstić information content (AvgIpc) is 2.82. The number of carbonyl (C=O) groups is 3.